The average Bonchev–Trinajstić information content (AvgIpc) is 3.06. The molecule has 3 aromatic rings. The van der Waals surface area contributed by atoms with Crippen LogP contribution in [0, 0.1) is 13.8 Å². The van der Waals surface area contributed by atoms with E-state index in [9.17, 15) is 4.79 Å². The van der Waals surface area contributed by atoms with Crippen LogP contribution in [0.2, 0.25) is 0 Å². The van der Waals surface area contributed by atoms with Crippen LogP contribution in [0.1, 0.15) is 38.2 Å². The molecule has 2 aliphatic rings. The third-order valence-corrected chi connectivity index (χ3v) is 5.48. The van der Waals surface area contributed by atoms with Gasteiger partial charge in [0.25, 0.3) is 0 Å². The van der Waals surface area contributed by atoms with Gasteiger partial charge in [0.05, 0.1) is 11.1 Å². The van der Waals surface area contributed by atoms with Gasteiger partial charge in [-0.15, -0.1) is 0 Å². The van der Waals surface area contributed by atoms with E-state index in [1.165, 1.54) is 0 Å². The van der Waals surface area contributed by atoms with Gasteiger partial charge in [0.1, 0.15) is 18.2 Å². The summed E-state index contributed by atoms with van der Waals surface area (Å²) in [4.78, 5) is 19.4. The zero-order valence-corrected chi connectivity index (χ0v) is 17.0. The number of hydrogen-bond acceptors (Lipinski definition) is 5. The summed E-state index contributed by atoms with van der Waals surface area (Å²) in [6, 6.07) is 14.0. The normalized spacial score (nSPS) is 16.7. The van der Waals surface area contributed by atoms with E-state index in [2.05, 4.69) is 9.88 Å². The molecule has 0 unspecified atom stereocenters. The van der Waals surface area contributed by atoms with Crippen LogP contribution in [0.5, 0.6) is 11.5 Å². The minimum Gasteiger partial charge on any atom is -0.478 e. The molecule has 0 amide bonds. The van der Waals surface area contributed by atoms with Crippen molar-refractivity contribution in [1.29, 1.82) is 0 Å². The third-order valence-electron chi connectivity index (χ3n) is 5.48. The maximum Gasteiger partial charge on any atom is 0.232 e. The Labute approximate surface area is 175 Å². The van der Waals surface area contributed by atoms with Crippen molar-refractivity contribution in [3.05, 3.63) is 94.0 Å². The SMILES string of the molecule is Cc1cccc(/C=C2\Oc3c4c(cc(C)c3C2=O)OCN(Cc2ccncc2)C4)c1. The van der Waals surface area contributed by atoms with E-state index in [-0.39, 0.29) is 5.78 Å². The fourth-order valence-corrected chi connectivity index (χ4v) is 4.03. The first-order valence-corrected chi connectivity index (χ1v) is 10.00. The lowest BCUT2D eigenvalue weighted by Gasteiger charge is -2.30. The molecule has 2 aromatic carbocycles. The second-order valence-corrected chi connectivity index (χ2v) is 7.84. The standard InChI is InChI=1S/C25H22N2O3/c1-16-4-3-5-19(10-16)12-22-24(28)23-17(2)11-21-20(25(23)30-22)14-27(15-29-21)13-18-6-8-26-9-7-18/h3-12H,13-15H2,1-2H3/b22-12-. The molecule has 0 spiro atoms. The first-order valence-electron chi connectivity index (χ1n) is 10.00. The first-order chi connectivity index (χ1) is 14.6. The Balaban J connectivity index is 1.48. The Kier molecular flexibility index (Phi) is 4.60. The van der Waals surface area contributed by atoms with Crippen molar-refractivity contribution in [2.24, 2.45) is 0 Å². The molecule has 0 fully saturated rings. The molecule has 5 nitrogen and oxygen atoms in total. The van der Waals surface area contributed by atoms with Gasteiger partial charge in [0.2, 0.25) is 5.78 Å². The number of aryl methyl sites for hydroxylation is 2. The molecule has 0 N–H and O–H groups in total. The monoisotopic (exact) mass is 398 g/mol. The van der Waals surface area contributed by atoms with E-state index in [1.54, 1.807) is 12.4 Å². The van der Waals surface area contributed by atoms with Gasteiger partial charge in [-0.25, -0.2) is 0 Å². The highest BCUT2D eigenvalue weighted by Crippen LogP contribution is 2.44. The zero-order valence-electron chi connectivity index (χ0n) is 17.0. The number of rotatable bonds is 3. The predicted octanol–water partition coefficient (Wildman–Crippen LogP) is 4.67. The smallest absolute Gasteiger partial charge is 0.232 e. The first kappa shape index (κ1) is 18.6. The summed E-state index contributed by atoms with van der Waals surface area (Å²) in [5.74, 6) is 1.71. The van der Waals surface area contributed by atoms with Crippen LogP contribution in [-0.4, -0.2) is 22.4 Å². The van der Waals surface area contributed by atoms with Gasteiger partial charge in [-0.2, -0.15) is 0 Å². The minimum atomic E-state index is -0.0712. The maximum absolute atomic E-state index is 13.1. The summed E-state index contributed by atoms with van der Waals surface area (Å²) in [5.41, 5.74) is 5.70. The van der Waals surface area contributed by atoms with Crippen LogP contribution in [0.25, 0.3) is 6.08 Å². The predicted molar refractivity (Wildman–Crippen MR) is 114 cm³/mol. The Hall–Kier alpha value is -3.44. The number of ether oxygens (including phenoxy) is 2. The van der Waals surface area contributed by atoms with Gasteiger partial charge in [0.15, 0.2) is 5.76 Å². The topological polar surface area (TPSA) is 51.7 Å². The molecule has 1 aromatic heterocycles. The van der Waals surface area contributed by atoms with E-state index in [0.717, 1.165) is 40.1 Å². The van der Waals surface area contributed by atoms with Crippen LogP contribution in [-0.2, 0) is 13.1 Å². The van der Waals surface area contributed by atoms with E-state index < -0.39 is 0 Å². The van der Waals surface area contributed by atoms with Crippen molar-refractivity contribution in [3.8, 4) is 11.5 Å². The van der Waals surface area contributed by atoms with Crippen molar-refractivity contribution in [1.82, 2.24) is 9.88 Å². The van der Waals surface area contributed by atoms with Gasteiger partial charge >= 0.3 is 0 Å². The molecule has 5 heteroatoms. The quantitative estimate of drug-likeness (QED) is 0.600. The Morgan fingerprint density at radius 1 is 1.13 bits per heavy atom. The number of carbonyl (C=O) groups excluding carboxylic acids is 1. The third kappa shape index (κ3) is 3.37. The lowest BCUT2D eigenvalue weighted by atomic mass is 9.98. The van der Waals surface area contributed by atoms with Crippen LogP contribution in [0.4, 0.5) is 0 Å². The van der Waals surface area contributed by atoms with Crippen molar-refractivity contribution in [2.45, 2.75) is 26.9 Å². The highest BCUT2D eigenvalue weighted by atomic mass is 16.5. The fraction of sp³-hybridized carbons (Fsp3) is 0.200. The number of ketones is 1. The summed E-state index contributed by atoms with van der Waals surface area (Å²) >= 11 is 0. The molecule has 2 aliphatic heterocycles. The van der Waals surface area contributed by atoms with Gasteiger partial charge in [-0.1, -0.05) is 29.8 Å². The van der Waals surface area contributed by atoms with Crippen LogP contribution >= 0.6 is 0 Å². The average molecular weight is 398 g/mol. The molecular weight excluding hydrogens is 376 g/mol. The van der Waals surface area contributed by atoms with E-state index in [1.807, 2.05) is 62.4 Å². The highest BCUT2D eigenvalue weighted by Gasteiger charge is 2.35. The summed E-state index contributed by atoms with van der Waals surface area (Å²) in [6.45, 7) is 5.86. The summed E-state index contributed by atoms with van der Waals surface area (Å²) in [5, 5.41) is 0. The van der Waals surface area contributed by atoms with Gasteiger partial charge in [0, 0.05) is 25.5 Å². The molecule has 30 heavy (non-hydrogen) atoms. The molecule has 0 bridgehead atoms. The van der Waals surface area contributed by atoms with E-state index >= 15 is 0 Å². The lowest BCUT2D eigenvalue weighted by Crippen LogP contribution is -2.31. The van der Waals surface area contributed by atoms with Crippen molar-refractivity contribution in [3.63, 3.8) is 0 Å². The number of fused-ring (bicyclic) bond motifs is 3. The number of Topliss-reactive ketones (excluding diaryl/α,β-unsaturated/α-hetero) is 1. The Morgan fingerprint density at radius 3 is 2.77 bits per heavy atom. The second kappa shape index (κ2) is 7.43. The number of nitrogens with zero attached hydrogens (tertiary/aromatic N) is 2. The number of benzene rings is 2. The maximum atomic E-state index is 13.1. The van der Waals surface area contributed by atoms with Gasteiger partial charge < -0.3 is 9.47 Å². The number of hydrogen-bond donors (Lipinski definition) is 0. The molecule has 0 aliphatic carbocycles. The number of allylic oxidation sites excluding steroid dienone is 1. The molecule has 0 saturated carbocycles. The van der Waals surface area contributed by atoms with Crippen LogP contribution < -0.4 is 9.47 Å². The van der Waals surface area contributed by atoms with Crippen LogP contribution in [0.3, 0.4) is 0 Å². The molecule has 0 atom stereocenters. The summed E-state index contributed by atoms with van der Waals surface area (Å²) in [6.07, 6.45) is 5.40. The summed E-state index contributed by atoms with van der Waals surface area (Å²) in [7, 11) is 0. The number of carbonyl (C=O) groups is 1. The Bertz CT molecular complexity index is 1170. The van der Waals surface area contributed by atoms with Gasteiger partial charge in [-0.05, 0) is 54.8 Å². The van der Waals surface area contributed by atoms with Crippen molar-refractivity contribution >= 4 is 11.9 Å². The van der Waals surface area contributed by atoms with E-state index in [4.69, 9.17) is 9.47 Å². The number of aromatic nitrogens is 1. The van der Waals surface area contributed by atoms with Gasteiger partial charge in [-0.3, -0.25) is 14.7 Å². The highest BCUT2D eigenvalue weighted by molar-refractivity contribution is 6.15. The zero-order chi connectivity index (χ0) is 20.7. The summed E-state index contributed by atoms with van der Waals surface area (Å²) < 4.78 is 12.2. The number of pyridine rings is 1. The molecule has 0 saturated heterocycles. The second-order valence-electron chi connectivity index (χ2n) is 7.84. The van der Waals surface area contributed by atoms with Crippen molar-refractivity contribution < 1.29 is 14.3 Å². The largest absolute Gasteiger partial charge is 0.478 e. The minimum absolute atomic E-state index is 0.0712. The Morgan fingerprint density at radius 2 is 1.97 bits per heavy atom. The lowest BCUT2D eigenvalue weighted by molar-refractivity contribution is 0.0872. The molecule has 0 radical (unpaired) electrons. The van der Waals surface area contributed by atoms with Crippen LogP contribution in [0.15, 0.2) is 60.6 Å². The molecule has 3 heterocycles. The molecular formula is C25H22N2O3. The molecule has 5 rings (SSSR count). The fourth-order valence-electron chi connectivity index (χ4n) is 4.03. The van der Waals surface area contributed by atoms with Crippen molar-refractivity contribution in [2.75, 3.05) is 6.73 Å². The van der Waals surface area contributed by atoms with E-state index in [0.29, 0.717) is 30.3 Å². The molecule has 150 valence electrons.